The van der Waals surface area contributed by atoms with Crippen LogP contribution in [0.5, 0.6) is 0 Å². The Hall–Kier alpha value is -0.540. The second-order valence-corrected chi connectivity index (χ2v) is 5.39. The first kappa shape index (κ1) is 11.5. The lowest BCUT2D eigenvalue weighted by Gasteiger charge is -2.02. The van der Waals surface area contributed by atoms with Crippen LogP contribution < -0.4 is 0 Å². The maximum absolute atomic E-state index is 11.5. The van der Waals surface area contributed by atoms with Gasteiger partial charge in [0.2, 0.25) is 0 Å². The molecule has 0 aliphatic heterocycles. The van der Waals surface area contributed by atoms with Crippen molar-refractivity contribution in [3.63, 3.8) is 0 Å². The van der Waals surface area contributed by atoms with Gasteiger partial charge in [-0.15, -0.1) is 11.6 Å². The first-order chi connectivity index (χ1) is 6.60. The molecule has 2 nitrogen and oxygen atoms in total. The maximum atomic E-state index is 11.5. The minimum atomic E-state index is -3.19. The highest BCUT2D eigenvalue weighted by molar-refractivity contribution is 7.91. The second-order valence-electron chi connectivity index (χ2n) is 2.90. The fourth-order valence-corrected chi connectivity index (χ4v) is 2.68. The standard InChI is InChI=1S/C10H12ClO2S/c1-2-9-3-5-10(6-4-9)14(12,13)8-7-11/h3-6H,1-2,7-8H2. The molecule has 1 aromatic rings. The summed E-state index contributed by atoms with van der Waals surface area (Å²) in [6, 6.07) is 6.74. The fourth-order valence-electron chi connectivity index (χ4n) is 1.08. The van der Waals surface area contributed by atoms with Crippen molar-refractivity contribution >= 4 is 21.4 Å². The lowest BCUT2D eigenvalue weighted by Crippen LogP contribution is -2.07. The third kappa shape index (κ3) is 2.72. The minimum absolute atomic E-state index is 0.0156. The Bertz CT molecular complexity index is 381. The zero-order valence-electron chi connectivity index (χ0n) is 7.74. The van der Waals surface area contributed by atoms with E-state index in [0.29, 0.717) is 11.3 Å². The summed E-state index contributed by atoms with van der Waals surface area (Å²) >= 11 is 5.41. The summed E-state index contributed by atoms with van der Waals surface area (Å²) < 4.78 is 23.1. The Morgan fingerprint density at radius 2 is 1.79 bits per heavy atom. The number of benzene rings is 1. The second kappa shape index (κ2) is 4.80. The van der Waals surface area contributed by atoms with Crippen molar-refractivity contribution in [3.8, 4) is 0 Å². The molecule has 4 heteroatoms. The maximum Gasteiger partial charge on any atom is 0.179 e. The summed E-state index contributed by atoms with van der Waals surface area (Å²) in [5, 5.41) is 0. The van der Waals surface area contributed by atoms with Crippen LogP contribution in [-0.2, 0) is 16.3 Å². The summed E-state index contributed by atoms with van der Waals surface area (Å²) in [6.45, 7) is 3.71. The van der Waals surface area contributed by atoms with E-state index in [1.807, 2.05) is 0 Å². The molecule has 1 aromatic carbocycles. The van der Waals surface area contributed by atoms with E-state index in [-0.39, 0.29) is 11.6 Å². The van der Waals surface area contributed by atoms with Gasteiger partial charge in [0.1, 0.15) is 0 Å². The average molecular weight is 232 g/mol. The van der Waals surface area contributed by atoms with Crippen LogP contribution in [-0.4, -0.2) is 20.1 Å². The molecule has 0 N–H and O–H groups in total. The van der Waals surface area contributed by atoms with Crippen molar-refractivity contribution in [1.29, 1.82) is 0 Å². The van der Waals surface area contributed by atoms with Crippen molar-refractivity contribution < 1.29 is 8.42 Å². The predicted molar refractivity (Wildman–Crippen MR) is 58.3 cm³/mol. The quantitative estimate of drug-likeness (QED) is 0.744. The summed E-state index contributed by atoms with van der Waals surface area (Å²) in [7, 11) is -3.19. The van der Waals surface area contributed by atoms with Gasteiger partial charge in [-0.05, 0) is 31.0 Å². The van der Waals surface area contributed by atoms with E-state index >= 15 is 0 Å². The van der Waals surface area contributed by atoms with Crippen molar-refractivity contribution in [1.82, 2.24) is 0 Å². The van der Waals surface area contributed by atoms with Crippen LogP contribution in [0, 0.1) is 6.92 Å². The molecular formula is C10H12ClO2S. The number of halogens is 1. The number of alkyl halides is 1. The van der Waals surface area contributed by atoms with Gasteiger partial charge < -0.3 is 0 Å². The Kier molecular flexibility index (Phi) is 3.96. The van der Waals surface area contributed by atoms with Crippen LogP contribution >= 0.6 is 11.6 Å². The van der Waals surface area contributed by atoms with Gasteiger partial charge in [0.05, 0.1) is 10.6 Å². The van der Waals surface area contributed by atoms with E-state index in [2.05, 4.69) is 6.92 Å². The van der Waals surface area contributed by atoms with E-state index in [1.54, 1.807) is 24.3 Å². The molecule has 0 aliphatic rings. The Morgan fingerprint density at radius 1 is 1.21 bits per heavy atom. The van der Waals surface area contributed by atoms with Crippen LogP contribution in [0.3, 0.4) is 0 Å². The molecule has 0 saturated heterocycles. The van der Waals surface area contributed by atoms with Crippen molar-refractivity contribution in [2.24, 2.45) is 0 Å². The van der Waals surface area contributed by atoms with Crippen molar-refractivity contribution in [2.75, 3.05) is 11.6 Å². The fraction of sp³-hybridized carbons (Fsp3) is 0.300. The SMILES string of the molecule is [CH2]Cc1ccc(S(=O)(=O)CCCl)cc1. The van der Waals surface area contributed by atoms with Crippen LogP contribution in [0.1, 0.15) is 5.56 Å². The molecule has 0 heterocycles. The van der Waals surface area contributed by atoms with Crippen LogP contribution in [0.2, 0.25) is 0 Å². The zero-order chi connectivity index (χ0) is 10.6. The summed E-state index contributed by atoms with van der Waals surface area (Å²) in [6.07, 6.45) is 0.663. The summed E-state index contributed by atoms with van der Waals surface area (Å²) in [5.41, 5.74) is 1.02. The van der Waals surface area contributed by atoms with E-state index in [9.17, 15) is 8.42 Å². The van der Waals surface area contributed by atoms with E-state index in [1.165, 1.54) is 0 Å². The molecule has 0 spiro atoms. The van der Waals surface area contributed by atoms with E-state index in [4.69, 9.17) is 11.6 Å². The summed E-state index contributed by atoms with van der Waals surface area (Å²) in [4.78, 5) is 0.329. The lowest BCUT2D eigenvalue weighted by atomic mass is 10.2. The van der Waals surface area contributed by atoms with Crippen LogP contribution in [0.25, 0.3) is 0 Å². The van der Waals surface area contributed by atoms with Gasteiger partial charge in [-0.1, -0.05) is 12.1 Å². The van der Waals surface area contributed by atoms with Gasteiger partial charge in [-0.2, -0.15) is 0 Å². The normalized spacial score (nSPS) is 11.6. The van der Waals surface area contributed by atoms with E-state index in [0.717, 1.165) is 5.56 Å². The molecular weight excluding hydrogens is 220 g/mol. The molecule has 0 aromatic heterocycles. The average Bonchev–Trinajstić information content (AvgIpc) is 2.18. The largest absolute Gasteiger partial charge is 0.224 e. The number of sulfone groups is 1. The third-order valence-electron chi connectivity index (χ3n) is 1.92. The third-order valence-corrected chi connectivity index (χ3v) is 4.06. The lowest BCUT2D eigenvalue weighted by molar-refractivity contribution is 0.597. The number of hydrogen-bond donors (Lipinski definition) is 0. The first-order valence-electron chi connectivity index (χ1n) is 4.27. The van der Waals surface area contributed by atoms with Crippen molar-refractivity contribution in [2.45, 2.75) is 11.3 Å². The molecule has 0 unspecified atom stereocenters. The van der Waals surface area contributed by atoms with Gasteiger partial charge >= 0.3 is 0 Å². The number of rotatable bonds is 4. The molecule has 0 aliphatic carbocycles. The van der Waals surface area contributed by atoms with Gasteiger partial charge in [-0.25, -0.2) is 8.42 Å². The highest BCUT2D eigenvalue weighted by atomic mass is 35.5. The van der Waals surface area contributed by atoms with Crippen LogP contribution in [0.15, 0.2) is 29.2 Å². The van der Waals surface area contributed by atoms with Gasteiger partial charge in [0.15, 0.2) is 9.84 Å². The van der Waals surface area contributed by atoms with Gasteiger partial charge in [-0.3, -0.25) is 0 Å². The van der Waals surface area contributed by atoms with Gasteiger partial charge in [0.25, 0.3) is 0 Å². The van der Waals surface area contributed by atoms with Crippen LogP contribution in [0.4, 0.5) is 0 Å². The molecule has 0 amide bonds. The summed E-state index contributed by atoms with van der Waals surface area (Å²) in [5.74, 6) is 0.109. The molecule has 1 radical (unpaired) electrons. The highest BCUT2D eigenvalue weighted by Crippen LogP contribution is 2.12. The molecule has 0 bridgehead atoms. The smallest absolute Gasteiger partial charge is 0.179 e. The molecule has 0 atom stereocenters. The molecule has 0 saturated carbocycles. The molecule has 1 rings (SSSR count). The molecule has 0 fully saturated rings. The van der Waals surface area contributed by atoms with E-state index < -0.39 is 9.84 Å². The topological polar surface area (TPSA) is 34.1 Å². The minimum Gasteiger partial charge on any atom is -0.224 e. The molecule has 77 valence electrons. The predicted octanol–water partition coefficient (Wildman–Crippen LogP) is 2.08. The Labute approximate surface area is 89.8 Å². The monoisotopic (exact) mass is 231 g/mol. The Balaban J connectivity index is 2.97. The van der Waals surface area contributed by atoms with Gasteiger partial charge in [0, 0.05) is 5.88 Å². The Morgan fingerprint density at radius 3 is 2.21 bits per heavy atom. The van der Waals surface area contributed by atoms with Crippen molar-refractivity contribution in [3.05, 3.63) is 36.8 Å². The first-order valence-corrected chi connectivity index (χ1v) is 6.46. The number of hydrogen-bond acceptors (Lipinski definition) is 2. The molecule has 14 heavy (non-hydrogen) atoms. The zero-order valence-corrected chi connectivity index (χ0v) is 9.31. The highest BCUT2D eigenvalue weighted by Gasteiger charge is 2.12.